The topological polar surface area (TPSA) is 62.4 Å². The van der Waals surface area contributed by atoms with Gasteiger partial charge in [0.2, 0.25) is 0 Å². The van der Waals surface area contributed by atoms with Crippen LogP contribution in [0.4, 0.5) is 0 Å². The average molecular weight is 496 g/mol. The molecular weight excluding hydrogens is 475 g/mol. The lowest BCUT2D eigenvalue weighted by molar-refractivity contribution is 0.256. The van der Waals surface area contributed by atoms with Crippen molar-refractivity contribution in [1.29, 1.82) is 0 Å². The average Bonchev–Trinajstić information content (AvgIpc) is 3.06. The number of rotatable bonds is 4. The quantitative estimate of drug-likeness (QED) is 0.431. The smallest absolute Gasteiger partial charge is 0.339 e. The third-order valence-corrected chi connectivity index (χ3v) is 7.13. The zero-order chi connectivity index (χ0) is 19.0. The second kappa shape index (κ2) is 7.44. The minimum atomic E-state index is -3.85. The van der Waals surface area contributed by atoms with Crippen molar-refractivity contribution in [2.75, 3.05) is 20.1 Å². The van der Waals surface area contributed by atoms with Gasteiger partial charge in [-0.15, -0.1) is 0 Å². The molecule has 0 radical (unpaired) electrons. The highest BCUT2D eigenvalue weighted by atomic mass is 127. The first-order chi connectivity index (χ1) is 12.9. The molecule has 1 fully saturated rings. The number of fused-ring (bicyclic) bond motifs is 1. The number of nitrogens with one attached hydrogen (secondary N) is 1. The van der Waals surface area contributed by atoms with Crippen LogP contribution >= 0.6 is 22.6 Å². The summed E-state index contributed by atoms with van der Waals surface area (Å²) in [6.07, 6.45) is 4.27. The molecule has 7 heteroatoms. The van der Waals surface area contributed by atoms with Crippen molar-refractivity contribution < 1.29 is 12.6 Å². The molecule has 1 aromatic heterocycles. The van der Waals surface area contributed by atoms with Gasteiger partial charge in [0.15, 0.2) is 0 Å². The Morgan fingerprint density at radius 1 is 1.11 bits per heavy atom. The van der Waals surface area contributed by atoms with Gasteiger partial charge in [-0.2, -0.15) is 8.42 Å². The molecule has 2 heterocycles. The van der Waals surface area contributed by atoms with Crippen LogP contribution in [0.2, 0.25) is 0 Å². The van der Waals surface area contributed by atoms with Crippen molar-refractivity contribution in [3.63, 3.8) is 0 Å². The fraction of sp³-hybridized carbons (Fsp3) is 0.300. The first-order valence-corrected chi connectivity index (χ1v) is 11.4. The molecule has 2 aromatic carbocycles. The summed E-state index contributed by atoms with van der Waals surface area (Å²) in [6, 6.07) is 12.1. The van der Waals surface area contributed by atoms with Crippen molar-refractivity contribution >= 4 is 43.6 Å². The molecule has 1 aliphatic rings. The van der Waals surface area contributed by atoms with Crippen molar-refractivity contribution in [2.24, 2.45) is 0 Å². The van der Waals surface area contributed by atoms with Crippen LogP contribution in [0.3, 0.4) is 0 Å². The van der Waals surface area contributed by atoms with E-state index in [4.69, 9.17) is 4.18 Å². The van der Waals surface area contributed by atoms with Gasteiger partial charge in [-0.25, -0.2) is 0 Å². The van der Waals surface area contributed by atoms with Gasteiger partial charge in [-0.1, -0.05) is 0 Å². The summed E-state index contributed by atoms with van der Waals surface area (Å²) >= 11 is 2.14. The van der Waals surface area contributed by atoms with E-state index >= 15 is 0 Å². The van der Waals surface area contributed by atoms with E-state index < -0.39 is 10.1 Å². The van der Waals surface area contributed by atoms with Crippen molar-refractivity contribution in [1.82, 2.24) is 9.88 Å². The molecule has 0 amide bonds. The summed E-state index contributed by atoms with van der Waals surface area (Å²) in [5.41, 5.74) is 2.25. The number of benzene rings is 2. The first-order valence-electron chi connectivity index (χ1n) is 8.92. The molecule has 1 saturated heterocycles. The van der Waals surface area contributed by atoms with Crippen LogP contribution in [-0.4, -0.2) is 38.4 Å². The van der Waals surface area contributed by atoms with Crippen LogP contribution in [0.15, 0.2) is 53.6 Å². The second-order valence-corrected chi connectivity index (χ2v) is 9.81. The molecule has 0 bridgehead atoms. The molecule has 27 heavy (non-hydrogen) atoms. The Kier molecular flexibility index (Phi) is 5.17. The number of halogens is 1. The van der Waals surface area contributed by atoms with Gasteiger partial charge in [0, 0.05) is 20.7 Å². The summed E-state index contributed by atoms with van der Waals surface area (Å²) in [5.74, 6) is 0.827. The Morgan fingerprint density at radius 2 is 1.81 bits per heavy atom. The second-order valence-electron chi connectivity index (χ2n) is 7.02. The van der Waals surface area contributed by atoms with Gasteiger partial charge in [-0.3, -0.25) is 0 Å². The van der Waals surface area contributed by atoms with Crippen LogP contribution in [0, 0.1) is 3.57 Å². The normalized spacial score (nSPS) is 16.7. The van der Waals surface area contributed by atoms with E-state index in [1.807, 2.05) is 12.1 Å². The predicted molar refractivity (Wildman–Crippen MR) is 115 cm³/mol. The lowest BCUT2D eigenvalue weighted by Crippen LogP contribution is -2.29. The number of H-pyrrole nitrogens is 1. The number of likely N-dealkylation sites (tertiary alicyclic amines) is 1. The summed E-state index contributed by atoms with van der Waals surface area (Å²) in [6.45, 7) is 2.16. The summed E-state index contributed by atoms with van der Waals surface area (Å²) in [4.78, 5) is 5.81. The third kappa shape index (κ3) is 4.00. The predicted octanol–water partition coefficient (Wildman–Crippen LogP) is 4.35. The highest BCUT2D eigenvalue weighted by molar-refractivity contribution is 14.1. The highest BCUT2D eigenvalue weighted by Crippen LogP contribution is 2.35. The lowest BCUT2D eigenvalue weighted by Gasteiger charge is -2.28. The van der Waals surface area contributed by atoms with Crippen LogP contribution in [-0.2, 0) is 10.1 Å². The number of hydrogen-bond acceptors (Lipinski definition) is 4. The molecule has 0 atom stereocenters. The zero-order valence-electron chi connectivity index (χ0n) is 15.0. The van der Waals surface area contributed by atoms with Gasteiger partial charge < -0.3 is 14.1 Å². The SMILES string of the molecule is CN1CCC(c2c[nH]c3ccc(OS(=O)(=O)c4ccc(I)cc4)cc23)CC1. The molecule has 0 unspecified atom stereocenters. The summed E-state index contributed by atoms with van der Waals surface area (Å²) in [5, 5.41) is 1.04. The standard InChI is InChI=1S/C20H21IN2O3S/c1-23-10-8-14(9-11-23)19-13-22-20-7-4-16(12-18(19)20)26-27(24,25)17-5-2-15(21)3-6-17/h2-7,12-14,22H,8-11H2,1H3. The minimum Gasteiger partial charge on any atom is -0.379 e. The monoisotopic (exact) mass is 496 g/mol. The molecule has 0 saturated carbocycles. The number of hydrogen-bond donors (Lipinski definition) is 1. The molecule has 4 rings (SSSR count). The Balaban J connectivity index is 1.63. The van der Waals surface area contributed by atoms with E-state index in [1.54, 1.807) is 30.3 Å². The number of piperidine rings is 1. The van der Waals surface area contributed by atoms with Gasteiger partial charge in [0.25, 0.3) is 0 Å². The Morgan fingerprint density at radius 3 is 2.52 bits per heavy atom. The molecule has 1 aliphatic heterocycles. The number of aromatic amines is 1. The molecule has 3 aromatic rings. The van der Waals surface area contributed by atoms with Crippen LogP contribution in [0.5, 0.6) is 5.75 Å². The third-order valence-electron chi connectivity index (χ3n) is 5.15. The van der Waals surface area contributed by atoms with Crippen molar-refractivity contribution in [3.8, 4) is 5.75 Å². The van der Waals surface area contributed by atoms with E-state index in [2.05, 4.69) is 45.7 Å². The largest absolute Gasteiger partial charge is 0.379 e. The fourth-order valence-electron chi connectivity index (χ4n) is 3.61. The van der Waals surface area contributed by atoms with Gasteiger partial charge >= 0.3 is 10.1 Å². The Hall–Kier alpha value is -1.58. The maximum Gasteiger partial charge on any atom is 0.339 e. The van der Waals surface area contributed by atoms with E-state index in [0.717, 1.165) is 40.4 Å². The number of aromatic nitrogens is 1. The highest BCUT2D eigenvalue weighted by Gasteiger charge is 2.22. The first kappa shape index (κ1) is 18.8. The maximum absolute atomic E-state index is 12.6. The lowest BCUT2D eigenvalue weighted by atomic mass is 9.89. The van der Waals surface area contributed by atoms with Gasteiger partial charge in [0.1, 0.15) is 10.6 Å². The van der Waals surface area contributed by atoms with Gasteiger partial charge in [-0.05, 0) is 110 Å². The molecule has 142 valence electrons. The molecule has 1 N–H and O–H groups in total. The van der Waals surface area contributed by atoms with Gasteiger partial charge in [0.05, 0.1) is 0 Å². The maximum atomic E-state index is 12.6. The molecule has 0 spiro atoms. The van der Waals surface area contributed by atoms with Crippen LogP contribution in [0.1, 0.15) is 24.3 Å². The molecule has 0 aliphatic carbocycles. The van der Waals surface area contributed by atoms with E-state index in [-0.39, 0.29) is 4.90 Å². The van der Waals surface area contributed by atoms with E-state index in [1.165, 1.54) is 5.56 Å². The van der Waals surface area contributed by atoms with Crippen molar-refractivity contribution in [2.45, 2.75) is 23.7 Å². The molecule has 5 nitrogen and oxygen atoms in total. The van der Waals surface area contributed by atoms with E-state index in [0.29, 0.717) is 11.7 Å². The van der Waals surface area contributed by atoms with E-state index in [9.17, 15) is 8.42 Å². The Bertz CT molecular complexity index is 1050. The van der Waals surface area contributed by atoms with Crippen LogP contribution in [0.25, 0.3) is 10.9 Å². The zero-order valence-corrected chi connectivity index (χ0v) is 18.0. The molecular formula is C20H21IN2O3S. The van der Waals surface area contributed by atoms with Crippen molar-refractivity contribution in [3.05, 3.63) is 57.8 Å². The summed E-state index contributed by atoms with van der Waals surface area (Å²) in [7, 11) is -1.70. The minimum absolute atomic E-state index is 0.160. The van der Waals surface area contributed by atoms with Crippen LogP contribution < -0.4 is 4.18 Å². The number of nitrogens with zero attached hydrogens (tertiary/aromatic N) is 1. The Labute approximate surface area is 173 Å². The summed E-state index contributed by atoms with van der Waals surface area (Å²) < 4.78 is 31.5. The fourth-order valence-corrected chi connectivity index (χ4v) is 4.89.